The van der Waals surface area contributed by atoms with Crippen molar-refractivity contribution < 1.29 is 27.8 Å². The van der Waals surface area contributed by atoms with Crippen LogP contribution in [0.3, 0.4) is 0 Å². The Morgan fingerprint density at radius 3 is 2.45 bits per heavy atom. The Labute approximate surface area is 193 Å². The molecule has 1 saturated heterocycles. The molecule has 0 bridgehead atoms. The third kappa shape index (κ3) is 5.87. The van der Waals surface area contributed by atoms with Crippen molar-refractivity contribution in [3.05, 3.63) is 53.7 Å². The summed E-state index contributed by atoms with van der Waals surface area (Å²) in [6.45, 7) is 7.53. The molecule has 1 aliphatic rings. The molecule has 1 aromatic carbocycles. The molecule has 2 heterocycles. The summed E-state index contributed by atoms with van der Waals surface area (Å²) in [6.07, 6.45) is -0.265. The van der Waals surface area contributed by atoms with Crippen molar-refractivity contribution >= 4 is 16.0 Å². The molecule has 10 heteroatoms. The van der Waals surface area contributed by atoms with Gasteiger partial charge in [0.05, 0.1) is 35.6 Å². The van der Waals surface area contributed by atoms with Gasteiger partial charge in [0.2, 0.25) is 16.0 Å². The minimum atomic E-state index is -3.64. The Morgan fingerprint density at radius 2 is 1.91 bits per heavy atom. The lowest BCUT2D eigenvalue weighted by Gasteiger charge is -2.31. The Balaban J connectivity index is 2.15. The molecule has 0 spiro atoms. The number of nitrogens with zero attached hydrogens (tertiary/aromatic N) is 3. The fourth-order valence-electron chi connectivity index (χ4n) is 3.85. The lowest BCUT2D eigenvalue weighted by atomic mass is 9.90. The number of ether oxygens (including phenoxy) is 1. The molecule has 3 rings (SSSR count). The van der Waals surface area contributed by atoms with Crippen LogP contribution in [0, 0.1) is 5.82 Å². The average Bonchev–Trinajstić information content (AvgIpc) is 2.71. The highest BCUT2D eigenvalue weighted by atomic mass is 32.2. The van der Waals surface area contributed by atoms with Crippen LogP contribution in [0.4, 0.5) is 10.3 Å². The number of hydrogen-bond donors (Lipinski definition) is 2. The predicted molar refractivity (Wildman–Crippen MR) is 124 cm³/mol. The van der Waals surface area contributed by atoms with Gasteiger partial charge in [-0.05, 0) is 30.2 Å². The van der Waals surface area contributed by atoms with Crippen molar-refractivity contribution in [2.24, 2.45) is 0 Å². The molecule has 8 nitrogen and oxygen atoms in total. The van der Waals surface area contributed by atoms with Gasteiger partial charge < -0.3 is 14.9 Å². The van der Waals surface area contributed by atoms with E-state index in [1.54, 1.807) is 0 Å². The summed E-state index contributed by atoms with van der Waals surface area (Å²) in [7, 11) is -2.29. The molecule has 180 valence electrons. The maximum atomic E-state index is 13.6. The van der Waals surface area contributed by atoms with E-state index in [2.05, 4.69) is 16.5 Å². The van der Waals surface area contributed by atoms with Crippen molar-refractivity contribution in [2.45, 2.75) is 57.3 Å². The van der Waals surface area contributed by atoms with Gasteiger partial charge in [-0.25, -0.2) is 27.1 Å². The number of halogens is 1. The summed E-state index contributed by atoms with van der Waals surface area (Å²) in [5.41, 5.74) is 1.70. The molecule has 2 N–H and O–H groups in total. The average molecular weight is 480 g/mol. The first-order valence-corrected chi connectivity index (χ1v) is 12.5. The normalized spacial score (nSPS) is 19.9. The van der Waals surface area contributed by atoms with Gasteiger partial charge in [0.25, 0.3) is 0 Å². The van der Waals surface area contributed by atoms with Gasteiger partial charge >= 0.3 is 0 Å². The number of rotatable bonds is 7. The van der Waals surface area contributed by atoms with E-state index in [1.165, 1.54) is 31.3 Å². The first-order chi connectivity index (χ1) is 15.4. The second-order valence-corrected chi connectivity index (χ2v) is 10.7. The Kier molecular flexibility index (Phi) is 7.40. The van der Waals surface area contributed by atoms with Crippen molar-refractivity contribution in [2.75, 3.05) is 17.6 Å². The number of anilines is 1. The predicted octanol–water partition coefficient (Wildman–Crippen LogP) is 3.28. The van der Waals surface area contributed by atoms with Gasteiger partial charge in [-0.15, -0.1) is 0 Å². The molecule has 0 saturated carbocycles. The molecule has 1 aliphatic heterocycles. The largest absolute Gasteiger partial charge is 0.495 e. The van der Waals surface area contributed by atoms with Crippen LogP contribution >= 0.6 is 0 Å². The van der Waals surface area contributed by atoms with Crippen molar-refractivity contribution in [1.82, 2.24) is 9.97 Å². The molecule has 1 aromatic heterocycles. The van der Waals surface area contributed by atoms with E-state index in [0.29, 0.717) is 41.1 Å². The summed E-state index contributed by atoms with van der Waals surface area (Å²) >= 11 is 0. The fraction of sp³-hybridized carbons (Fsp3) is 0.478. The summed E-state index contributed by atoms with van der Waals surface area (Å²) in [4.78, 5) is 8.95. The smallest absolute Gasteiger partial charge is 0.239 e. The van der Waals surface area contributed by atoms with Crippen LogP contribution in [0.25, 0.3) is 11.3 Å². The summed E-state index contributed by atoms with van der Waals surface area (Å²) in [6, 6.07) is 5.58. The number of aromatic nitrogens is 2. The minimum absolute atomic E-state index is 0.0470. The van der Waals surface area contributed by atoms with Crippen LogP contribution in [0.5, 0.6) is 0 Å². The van der Waals surface area contributed by atoms with Crippen molar-refractivity contribution in [3.8, 4) is 11.3 Å². The number of aliphatic hydroxyl groups excluding tert-OH is 2. The molecule has 1 fully saturated rings. The van der Waals surface area contributed by atoms with Gasteiger partial charge in [0, 0.05) is 37.4 Å². The summed E-state index contributed by atoms with van der Waals surface area (Å²) in [5, 5.41) is 21.3. The van der Waals surface area contributed by atoms with E-state index in [0.717, 1.165) is 10.6 Å². The van der Waals surface area contributed by atoms with Crippen LogP contribution in [-0.4, -0.2) is 54.1 Å². The summed E-state index contributed by atoms with van der Waals surface area (Å²) < 4.78 is 44.6. The highest BCUT2D eigenvalue weighted by Gasteiger charge is 2.31. The molecule has 3 atom stereocenters. The third-order valence-corrected chi connectivity index (χ3v) is 6.72. The van der Waals surface area contributed by atoms with Gasteiger partial charge in [-0.1, -0.05) is 20.4 Å². The number of sulfonamides is 1. The Hall–Kier alpha value is -2.56. The lowest BCUT2D eigenvalue weighted by molar-refractivity contribution is -0.0222. The third-order valence-electron chi connectivity index (χ3n) is 5.56. The van der Waals surface area contributed by atoms with Crippen LogP contribution in [0.15, 0.2) is 36.6 Å². The van der Waals surface area contributed by atoms with Crippen molar-refractivity contribution in [3.63, 3.8) is 0 Å². The van der Waals surface area contributed by atoms with Crippen molar-refractivity contribution in [1.29, 1.82) is 0 Å². The van der Waals surface area contributed by atoms with Crippen LogP contribution in [0.1, 0.15) is 56.4 Å². The zero-order valence-electron chi connectivity index (χ0n) is 19.2. The zero-order valence-corrected chi connectivity index (χ0v) is 20.0. The molecule has 33 heavy (non-hydrogen) atoms. The van der Waals surface area contributed by atoms with Gasteiger partial charge in [0.1, 0.15) is 11.9 Å². The fourth-order valence-corrected chi connectivity index (χ4v) is 4.23. The number of hydrogen-bond acceptors (Lipinski definition) is 7. The zero-order chi connectivity index (χ0) is 24.5. The maximum Gasteiger partial charge on any atom is 0.239 e. The minimum Gasteiger partial charge on any atom is -0.495 e. The highest BCUT2D eigenvalue weighted by molar-refractivity contribution is 7.92. The van der Waals surface area contributed by atoms with E-state index in [1.807, 2.05) is 13.8 Å². The standard InChI is InChI=1S/C23H30FN3O5S/c1-13(2)21-20(19(29)12-18-11-17(28)10-14(3)32-18)22(15-6-8-16(24)9-7-15)26-23(25-21)27(4)33(5,30)31/h6-9,13,17-19,28-29H,3,10-12H2,1-2,4-5H3/t17-,18-,19?/m0/s1. The van der Waals surface area contributed by atoms with E-state index in [4.69, 9.17) is 4.74 Å². The molecule has 0 aliphatic carbocycles. The topological polar surface area (TPSA) is 113 Å². The number of benzene rings is 1. The van der Waals surface area contributed by atoms with E-state index >= 15 is 0 Å². The molecular formula is C23H30FN3O5S. The Bertz CT molecular complexity index is 1120. The molecule has 0 amide bonds. The Morgan fingerprint density at radius 1 is 1.27 bits per heavy atom. The molecule has 0 radical (unpaired) electrons. The molecule has 2 aromatic rings. The first kappa shape index (κ1) is 25.1. The highest BCUT2D eigenvalue weighted by Crippen LogP contribution is 2.38. The number of aliphatic hydroxyl groups is 2. The van der Waals surface area contributed by atoms with E-state index in [9.17, 15) is 23.0 Å². The summed E-state index contributed by atoms with van der Waals surface area (Å²) in [5.74, 6) is -0.212. The SMILES string of the molecule is C=C1C[C@H](O)C[C@@H](CC(O)c2c(-c3ccc(F)cc3)nc(N(C)S(C)(=O)=O)nc2C(C)C)O1. The van der Waals surface area contributed by atoms with Gasteiger partial charge in [-0.3, -0.25) is 0 Å². The van der Waals surface area contributed by atoms with Gasteiger partial charge in [0.15, 0.2) is 0 Å². The van der Waals surface area contributed by atoms with E-state index in [-0.39, 0.29) is 18.3 Å². The second kappa shape index (κ2) is 9.74. The van der Waals surface area contributed by atoms with Gasteiger partial charge in [-0.2, -0.15) is 0 Å². The maximum absolute atomic E-state index is 13.6. The second-order valence-electron chi connectivity index (χ2n) is 8.69. The molecular weight excluding hydrogens is 449 g/mol. The van der Waals surface area contributed by atoms with Crippen LogP contribution < -0.4 is 4.31 Å². The van der Waals surface area contributed by atoms with E-state index < -0.39 is 34.2 Å². The lowest BCUT2D eigenvalue weighted by Crippen LogP contribution is -2.30. The molecule has 1 unspecified atom stereocenters. The van der Waals surface area contributed by atoms with Crippen LogP contribution in [0.2, 0.25) is 0 Å². The van der Waals surface area contributed by atoms with Crippen LogP contribution in [-0.2, 0) is 14.8 Å². The quantitative estimate of drug-likeness (QED) is 0.627. The first-order valence-electron chi connectivity index (χ1n) is 10.7. The monoisotopic (exact) mass is 479 g/mol.